The number of benzene rings is 1. The number of fused-ring (bicyclic) bond motifs is 1. The third-order valence-electron chi connectivity index (χ3n) is 3.54. The zero-order chi connectivity index (χ0) is 15.5. The van der Waals surface area contributed by atoms with Crippen molar-refractivity contribution in [3.05, 3.63) is 52.7 Å². The van der Waals surface area contributed by atoms with Crippen LogP contribution in [0.25, 0.3) is 11.2 Å². The van der Waals surface area contributed by atoms with Crippen LogP contribution in [-0.2, 0) is 13.1 Å². The van der Waals surface area contributed by atoms with Gasteiger partial charge >= 0.3 is 5.69 Å². The van der Waals surface area contributed by atoms with E-state index in [0.29, 0.717) is 6.54 Å². The first-order valence-electron chi connectivity index (χ1n) is 7.28. The summed E-state index contributed by atoms with van der Waals surface area (Å²) < 4.78 is 3.73. The number of nitrogens with zero attached hydrogens (tertiary/aromatic N) is 4. The molecule has 0 spiro atoms. The molecule has 0 radical (unpaired) electrons. The number of rotatable bonds is 5. The predicted octanol–water partition coefficient (Wildman–Crippen LogP) is 2.77. The minimum atomic E-state index is -0.219. The Kier molecular flexibility index (Phi) is 4.29. The lowest BCUT2D eigenvalue weighted by Gasteiger charge is -2.09. The van der Waals surface area contributed by atoms with Crippen LogP contribution in [0.15, 0.2) is 46.5 Å². The minimum Gasteiger partial charge on any atom is -0.323 e. The number of thioether (sulfide) groups is 1. The van der Waals surface area contributed by atoms with Crippen molar-refractivity contribution in [1.82, 2.24) is 19.1 Å². The lowest BCUT2D eigenvalue weighted by molar-refractivity contribution is 0.647. The average molecular weight is 314 g/mol. The first-order valence-corrected chi connectivity index (χ1v) is 8.50. The van der Waals surface area contributed by atoms with Crippen LogP contribution < -0.4 is 5.69 Å². The molecule has 0 atom stereocenters. The summed E-state index contributed by atoms with van der Waals surface area (Å²) in [7, 11) is 0. The van der Waals surface area contributed by atoms with Gasteiger partial charge in [0.25, 0.3) is 0 Å². The molecule has 3 rings (SSSR count). The zero-order valence-electron chi connectivity index (χ0n) is 12.7. The third-order valence-corrected chi connectivity index (χ3v) is 4.21. The maximum Gasteiger partial charge on any atom is 0.350 e. The Morgan fingerprint density at radius 1 is 1.23 bits per heavy atom. The molecule has 0 saturated carbocycles. The Hall–Kier alpha value is -2.08. The molecule has 1 aromatic carbocycles. The van der Waals surface area contributed by atoms with Crippen molar-refractivity contribution in [1.29, 1.82) is 0 Å². The minimum absolute atomic E-state index is 0.219. The standard InChI is InChI=1S/C16H18N4OS/c1-3-9-20-14-13(15(22-2)18-16(20)21)19(11-17-14)10-12-7-5-4-6-8-12/h4-8,11H,3,9-10H2,1-2H3. The second-order valence-electron chi connectivity index (χ2n) is 5.09. The maximum atomic E-state index is 12.2. The van der Waals surface area contributed by atoms with E-state index in [4.69, 9.17) is 0 Å². The van der Waals surface area contributed by atoms with Crippen molar-refractivity contribution in [3.8, 4) is 0 Å². The monoisotopic (exact) mass is 314 g/mol. The van der Waals surface area contributed by atoms with Gasteiger partial charge in [0.1, 0.15) is 10.5 Å². The van der Waals surface area contributed by atoms with Crippen molar-refractivity contribution < 1.29 is 0 Å². The highest BCUT2D eigenvalue weighted by Gasteiger charge is 2.15. The van der Waals surface area contributed by atoms with Crippen LogP contribution in [0.4, 0.5) is 0 Å². The van der Waals surface area contributed by atoms with Crippen LogP contribution in [0.1, 0.15) is 18.9 Å². The van der Waals surface area contributed by atoms with Crippen LogP contribution in [0.2, 0.25) is 0 Å². The lowest BCUT2D eigenvalue weighted by atomic mass is 10.2. The van der Waals surface area contributed by atoms with E-state index in [0.717, 1.165) is 29.2 Å². The summed E-state index contributed by atoms with van der Waals surface area (Å²) in [5.41, 5.74) is 2.64. The summed E-state index contributed by atoms with van der Waals surface area (Å²) in [6.45, 7) is 3.40. The normalized spacial score (nSPS) is 11.2. The molecule has 0 aliphatic carbocycles. The van der Waals surface area contributed by atoms with Gasteiger partial charge in [0.05, 0.1) is 6.33 Å². The number of hydrogen-bond acceptors (Lipinski definition) is 4. The molecular formula is C16H18N4OS. The van der Waals surface area contributed by atoms with E-state index in [-0.39, 0.29) is 5.69 Å². The van der Waals surface area contributed by atoms with Gasteiger partial charge in [-0.2, -0.15) is 4.98 Å². The quantitative estimate of drug-likeness (QED) is 0.537. The van der Waals surface area contributed by atoms with Crippen molar-refractivity contribution in [2.24, 2.45) is 0 Å². The van der Waals surface area contributed by atoms with Crippen LogP contribution >= 0.6 is 11.8 Å². The highest BCUT2D eigenvalue weighted by atomic mass is 32.2. The van der Waals surface area contributed by atoms with Gasteiger partial charge in [-0.3, -0.25) is 4.57 Å². The summed E-state index contributed by atoms with van der Waals surface area (Å²) >= 11 is 1.48. The fourth-order valence-electron chi connectivity index (χ4n) is 2.55. The summed E-state index contributed by atoms with van der Waals surface area (Å²) in [4.78, 5) is 20.9. The smallest absolute Gasteiger partial charge is 0.323 e. The molecule has 3 aromatic rings. The highest BCUT2D eigenvalue weighted by Crippen LogP contribution is 2.23. The van der Waals surface area contributed by atoms with Crippen molar-refractivity contribution >= 4 is 22.9 Å². The second-order valence-corrected chi connectivity index (χ2v) is 5.88. The molecule has 0 bridgehead atoms. The average Bonchev–Trinajstić information content (AvgIpc) is 2.94. The van der Waals surface area contributed by atoms with Crippen LogP contribution in [0.3, 0.4) is 0 Å². The molecule has 0 amide bonds. The molecule has 114 valence electrons. The van der Waals surface area contributed by atoms with E-state index in [9.17, 15) is 4.79 Å². The fourth-order valence-corrected chi connectivity index (χ4v) is 3.12. The first kappa shape index (κ1) is 14.8. The zero-order valence-corrected chi connectivity index (χ0v) is 13.5. The van der Waals surface area contributed by atoms with Gasteiger partial charge in [-0.1, -0.05) is 37.3 Å². The third kappa shape index (κ3) is 2.66. The van der Waals surface area contributed by atoms with E-state index in [1.54, 1.807) is 10.9 Å². The molecule has 0 unspecified atom stereocenters. The molecule has 6 heteroatoms. The molecular weight excluding hydrogens is 296 g/mol. The summed E-state index contributed by atoms with van der Waals surface area (Å²) in [6.07, 6.45) is 4.61. The Morgan fingerprint density at radius 2 is 2.00 bits per heavy atom. The van der Waals surface area contributed by atoms with Gasteiger partial charge < -0.3 is 4.57 Å². The highest BCUT2D eigenvalue weighted by molar-refractivity contribution is 7.98. The largest absolute Gasteiger partial charge is 0.350 e. The van der Waals surface area contributed by atoms with Gasteiger partial charge in [-0.15, -0.1) is 11.8 Å². The second kappa shape index (κ2) is 6.36. The number of aromatic nitrogens is 4. The van der Waals surface area contributed by atoms with E-state index in [2.05, 4.69) is 26.7 Å². The van der Waals surface area contributed by atoms with Crippen LogP contribution in [0, 0.1) is 0 Å². The molecule has 22 heavy (non-hydrogen) atoms. The summed E-state index contributed by atoms with van der Waals surface area (Å²) in [6, 6.07) is 10.2. The van der Waals surface area contributed by atoms with Gasteiger partial charge in [0.15, 0.2) is 5.65 Å². The lowest BCUT2D eigenvalue weighted by Crippen LogP contribution is -2.24. The number of hydrogen-bond donors (Lipinski definition) is 0. The first-order chi connectivity index (χ1) is 10.7. The van der Waals surface area contributed by atoms with Gasteiger partial charge in [-0.05, 0) is 18.2 Å². The van der Waals surface area contributed by atoms with Crippen molar-refractivity contribution in [2.45, 2.75) is 31.5 Å². The maximum absolute atomic E-state index is 12.2. The van der Waals surface area contributed by atoms with Crippen molar-refractivity contribution in [3.63, 3.8) is 0 Å². The Balaban J connectivity index is 2.16. The van der Waals surface area contributed by atoms with E-state index in [1.165, 1.54) is 17.3 Å². The predicted molar refractivity (Wildman–Crippen MR) is 89.4 cm³/mol. The Morgan fingerprint density at radius 3 is 2.68 bits per heavy atom. The molecule has 0 saturated heterocycles. The molecule has 0 N–H and O–H groups in total. The van der Waals surface area contributed by atoms with E-state index in [1.807, 2.05) is 31.4 Å². The SMILES string of the molecule is CCCn1c(=O)nc(SC)c2c1ncn2Cc1ccccc1. The molecule has 2 aromatic heterocycles. The summed E-state index contributed by atoms with van der Waals surface area (Å²) in [5.74, 6) is 0. The molecule has 0 aliphatic heterocycles. The Bertz CT molecular complexity index is 838. The van der Waals surface area contributed by atoms with Gasteiger partial charge in [0, 0.05) is 13.1 Å². The van der Waals surface area contributed by atoms with E-state index < -0.39 is 0 Å². The van der Waals surface area contributed by atoms with Crippen LogP contribution in [0.5, 0.6) is 0 Å². The molecule has 5 nitrogen and oxygen atoms in total. The van der Waals surface area contributed by atoms with Crippen molar-refractivity contribution in [2.75, 3.05) is 6.26 Å². The molecule has 0 fully saturated rings. The van der Waals surface area contributed by atoms with Gasteiger partial charge in [0.2, 0.25) is 0 Å². The fraction of sp³-hybridized carbons (Fsp3) is 0.312. The van der Waals surface area contributed by atoms with E-state index >= 15 is 0 Å². The van der Waals surface area contributed by atoms with Crippen LogP contribution in [-0.4, -0.2) is 25.4 Å². The Labute approximate surface area is 133 Å². The number of imidazole rings is 1. The topological polar surface area (TPSA) is 52.7 Å². The number of aryl methyl sites for hydroxylation is 1. The van der Waals surface area contributed by atoms with Gasteiger partial charge in [-0.25, -0.2) is 9.78 Å². The summed E-state index contributed by atoms with van der Waals surface area (Å²) in [5, 5.41) is 0.737. The molecule has 2 heterocycles. The molecule has 0 aliphatic rings.